The van der Waals surface area contributed by atoms with E-state index in [0.717, 1.165) is 17.7 Å². The van der Waals surface area contributed by atoms with Gasteiger partial charge in [-0.2, -0.15) is 11.3 Å². The molecule has 2 aromatic rings. The quantitative estimate of drug-likeness (QED) is 0.253. The Bertz CT molecular complexity index is 868. The molecule has 1 aromatic heterocycles. The van der Waals surface area contributed by atoms with Crippen LogP contribution in [0.1, 0.15) is 43.4 Å². The third-order valence-electron chi connectivity index (χ3n) is 4.24. The van der Waals surface area contributed by atoms with Crippen molar-refractivity contribution in [2.75, 3.05) is 13.6 Å². The summed E-state index contributed by atoms with van der Waals surface area (Å²) in [5, 5.41) is 10.9. The molecule has 9 heteroatoms. The highest BCUT2D eigenvalue weighted by Gasteiger charge is 2.15. The predicted molar refractivity (Wildman–Crippen MR) is 134 cm³/mol. The van der Waals surface area contributed by atoms with Gasteiger partial charge in [-0.05, 0) is 53.3 Å². The second kappa shape index (κ2) is 12.5. The smallest absolute Gasteiger partial charge is 0.216 e. The van der Waals surface area contributed by atoms with Crippen molar-refractivity contribution < 1.29 is 8.42 Å². The van der Waals surface area contributed by atoms with Crippen molar-refractivity contribution in [1.29, 1.82) is 0 Å². The lowest BCUT2D eigenvalue weighted by atomic mass is 10.1. The van der Waals surface area contributed by atoms with Crippen LogP contribution in [0.25, 0.3) is 0 Å². The molecular weight excluding hydrogens is 519 g/mol. The van der Waals surface area contributed by atoms with Crippen molar-refractivity contribution in [2.24, 2.45) is 4.99 Å². The number of halogens is 1. The van der Waals surface area contributed by atoms with Gasteiger partial charge in [-0.25, -0.2) is 13.1 Å². The second-order valence-electron chi connectivity index (χ2n) is 7.06. The number of nitrogens with one attached hydrogen (secondary N) is 3. The molecule has 0 amide bonds. The summed E-state index contributed by atoms with van der Waals surface area (Å²) in [5.74, 6) is 1.04. The number of rotatable bonds is 9. The van der Waals surface area contributed by atoms with Crippen LogP contribution in [0.2, 0.25) is 0 Å². The van der Waals surface area contributed by atoms with E-state index >= 15 is 0 Å². The summed E-state index contributed by atoms with van der Waals surface area (Å²) in [7, 11) is -1.64. The van der Waals surface area contributed by atoms with Crippen LogP contribution < -0.4 is 15.4 Å². The zero-order chi connectivity index (χ0) is 20.6. The molecule has 0 aliphatic rings. The minimum Gasteiger partial charge on any atom is -0.356 e. The van der Waals surface area contributed by atoms with Crippen LogP contribution in [-0.2, 0) is 22.3 Å². The Morgan fingerprint density at radius 1 is 1.10 bits per heavy atom. The number of hydrogen-bond donors (Lipinski definition) is 3. The van der Waals surface area contributed by atoms with Crippen molar-refractivity contribution in [1.82, 2.24) is 15.4 Å². The number of aliphatic imine (C=N–C) groups is 1. The largest absolute Gasteiger partial charge is 0.356 e. The minimum absolute atomic E-state index is 0. The van der Waals surface area contributed by atoms with Crippen molar-refractivity contribution in [3.05, 3.63) is 57.8 Å². The van der Waals surface area contributed by atoms with Crippen LogP contribution in [-0.4, -0.2) is 34.0 Å². The Morgan fingerprint density at radius 3 is 2.38 bits per heavy atom. The summed E-state index contributed by atoms with van der Waals surface area (Å²) in [6.45, 7) is 7.07. The van der Waals surface area contributed by atoms with Crippen LogP contribution in [0.5, 0.6) is 0 Å². The molecule has 0 aliphatic carbocycles. The predicted octanol–water partition coefficient (Wildman–Crippen LogP) is 3.66. The van der Waals surface area contributed by atoms with Crippen molar-refractivity contribution in [3.63, 3.8) is 0 Å². The Labute approximate surface area is 195 Å². The third-order valence-corrected chi connectivity index (χ3v) is 6.46. The molecule has 0 saturated carbocycles. The molecule has 0 bridgehead atoms. The maximum absolute atomic E-state index is 12.3. The van der Waals surface area contributed by atoms with Gasteiger partial charge in [-0.3, -0.25) is 4.99 Å². The average molecular weight is 551 g/mol. The minimum atomic E-state index is -3.37. The van der Waals surface area contributed by atoms with E-state index in [1.807, 2.05) is 38.1 Å². The normalized spacial score (nSPS) is 13.1. The molecule has 1 heterocycles. The van der Waals surface area contributed by atoms with Gasteiger partial charge in [-0.1, -0.05) is 31.2 Å². The molecule has 3 N–H and O–H groups in total. The number of benzene rings is 1. The molecule has 162 valence electrons. The van der Waals surface area contributed by atoms with Gasteiger partial charge < -0.3 is 10.6 Å². The highest BCUT2D eigenvalue weighted by Crippen LogP contribution is 2.17. The zero-order valence-electron chi connectivity index (χ0n) is 17.3. The Kier molecular flexibility index (Phi) is 11.2. The molecule has 1 aromatic carbocycles. The van der Waals surface area contributed by atoms with Gasteiger partial charge in [0, 0.05) is 26.2 Å². The molecule has 29 heavy (non-hydrogen) atoms. The number of hydrogen-bond acceptors (Lipinski definition) is 4. The number of thiophene rings is 1. The summed E-state index contributed by atoms with van der Waals surface area (Å²) in [6, 6.07) is 9.58. The van der Waals surface area contributed by atoms with Crippen LogP contribution in [0.4, 0.5) is 0 Å². The number of sulfonamides is 1. The summed E-state index contributed by atoms with van der Waals surface area (Å²) < 4.78 is 27.2. The fourth-order valence-corrected chi connectivity index (χ4v) is 5.07. The summed E-state index contributed by atoms with van der Waals surface area (Å²) >= 11 is 1.70. The summed E-state index contributed by atoms with van der Waals surface area (Å²) in [6.07, 6.45) is 0. The van der Waals surface area contributed by atoms with Gasteiger partial charge >= 0.3 is 0 Å². The van der Waals surface area contributed by atoms with Gasteiger partial charge in [0.2, 0.25) is 10.0 Å². The van der Waals surface area contributed by atoms with E-state index in [1.165, 1.54) is 5.56 Å². The third kappa shape index (κ3) is 9.02. The van der Waals surface area contributed by atoms with E-state index in [2.05, 4.69) is 44.1 Å². The first-order valence-corrected chi connectivity index (χ1v) is 11.9. The van der Waals surface area contributed by atoms with E-state index < -0.39 is 10.0 Å². The van der Waals surface area contributed by atoms with Crippen LogP contribution >= 0.6 is 35.3 Å². The molecular formula is C20H31IN4O2S2. The maximum Gasteiger partial charge on any atom is 0.216 e. The van der Waals surface area contributed by atoms with Crippen molar-refractivity contribution in [3.8, 4) is 0 Å². The first-order chi connectivity index (χ1) is 13.3. The van der Waals surface area contributed by atoms with Crippen LogP contribution in [0.3, 0.4) is 0 Å². The van der Waals surface area contributed by atoms with E-state index in [9.17, 15) is 8.42 Å². The number of guanidine groups is 1. The first kappa shape index (κ1) is 25.9. The fraction of sp³-hybridized carbons (Fsp3) is 0.450. The zero-order valence-corrected chi connectivity index (χ0v) is 21.3. The van der Waals surface area contributed by atoms with Crippen molar-refractivity contribution in [2.45, 2.75) is 45.0 Å². The van der Waals surface area contributed by atoms with E-state index in [0.29, 0.717) is 18.4 Å². The Balaban J connectivity index is 0.00000420. The highest BCUT2D eigenvalue weighted by molar-refractivity contribution is 14.0. The summed E-state index contributed by atoms with van der Waals surface area (Å²) in [4.78, 5) is 4.27. The van der Waals surface area contributed by atoms with Crippen molar-refractivity contribution >= 4 is 51.3 Å². The van der Waals surface area contributed by atoms with E-state index in [-0.39, 0.29) is 35.8 Å². The van der Waals surface area contributed by atoms with Gasteiger partial charge in [0.05, 0.1) is 5.75 Å². The SMILES string of the molecule is CN=C(NCc1ccccc1CS(=O)(=O)NC(C)C)NCC(C)c1ccsc1.I. The standard InChI is InChI=1S/C20H30N4O2S2.HI/c1-15(2)24-28(25,26)14-19-8-6-5-7-17(19)12-23-20(21-4)22-11-16(3)18-9-10-27-13-18;/h5-10,13,15-16,24H,11-12,14H2,1-4H3,(H2,21,22,23);1H. The Morgan fingerprint density at radius 2 is 1.79 bits per heavy atom. The molecule has 6 nitrogen and oxygen atoms in total. The van der Waals surface area contributed by atoms with E-state index in [4.69, 9.17) is 0 Å². The molecule has 2 rings (SSSR count). The molecule has 0 radical (unpaired) electrons. The molecule has 0 fully saturated rings. The molecule has 1 atom stereocenters. The first-order valence-electron chi connectivity index (χ1n) is 9.34. The lowest BCUT2D eigenvalue weighted by Gasteiger charge is -2.17. The fourth-order valence-electron chi connectivity index (χ4n) is 2.80. The van der Waals surface area contributed by atoms with Crippen LogP contribution in [0, 0.1) is 0 Å². The lowest BCUT2D eigenvalue weighted by Crippen LogP contribution is -2.38. The van der Waals surface area contributed by atoms with Gasteiger partial charge in [0.25, 0.3) is 0 Å². The average Bonchev–Trinajstić information content (AvgIpc) is 3.16. The molecule has 0 spiro atoms. The lowest BCUT2D eigenvalue weighted by molar-refractivity contribution is 0.568. The number of nitrogens with zero attached hydrogens (tertiary/aromatic N) is 1. The van der Waals surface area contributed by atoms with Gasteiger partial charge in [-0.15, -0.1) is 24.0 Å². The summed E-state index contributed by atoms with van der Waals surface area (Å²) in [5.41, 5.74) is 3.02. The second-order valence-corrected chi connectivity index (χ2v) is 9.60. The van der Waals surface area contributed by atoms with Gasteiger partial charge in [0.15, 0.2) is 5.96 Å². The molecule has 0 saturated heterocycles. The highest BCUT2D eigenvalue weighted by atomic mass is 127. The topological polar surface area (TPSA) is 82.6 Å². The molecule has 0 aliphatic heterocycles. The maximum atomic E-state index is 12.3. The Hall–Kier alpha value is -1.17. The molecule has 1 unspecified atom stereocenters. The monoisotopic (exact) mass is 550 g/mol. The van der Waals surface area contributed by atoms with Crippen LogP contribution in [0.15, 0.2) is 46.1 Å². The van der Waals surface area contributed by atoms with E-state index in [1.54, 1.807) is 18.4 Å². The van der Waals surface area contributed by atoms with Gasteiger partial charge in [0.1, 0.15) is 0 Å².